The number of carbonyl (C=O) groups is 2. The molecule has 0 radical (unpaired) electrons. The van der Waals surface area contributed by atoms with Gasteiger partial charge in [0.15, 0.2) is 0 Å². The number of pyridine rings is 1. The van der Waals surface area contributed by atoms with E-state index in [4.69, 9.17) is 4.74 Å². The zero-order valence-corrected chi connectivity index (χ0v) is 16.1. The number of anilines is 1. The van der Waals surface area contributed by atoms with Gasteiger partial charge in [-0.3, -0.25) is 14.6 Å². The molecule has 1 unspecified atom stereocenters. The highest BCUT2D eigenvalue weighted by Gasteiger charge is 2.45. The smallest absolute Gasteiger partial charge is 0.253 e. The molecule has 2 saturated heterocycles. The molecule has 2 aromatic rings. The van der Waals surface area contributed by atoms with E-state index in [0.29, 0.717) is 43.6 Å². The molecule has 4 rings (SSSR count). The molecule has 1 aromatic heterocycles. The summed E-state index contributed by atoms with van der Waals surface area (Å²) in [5.41, 5.74) is 0.992. The molecule has 7 heteroatoms. The summed E-state index contributed by atoms with van der Waals surface area (Å²) in [4.78, 5) is 30.8. The van der Waals surface area contributed by atoms with Crippen molar-refractivity contribution < 1.29 is 18.7 Å². The van der Waals surface area contributed by atoms with E-state index < -0.39 is 6.10 Å². The lowest BCUT2D eigenvalue weighted by molar-refractivity contribution is -0.143. The molecule has 3 heterocycles. The summed E-state index contributed by atoms with van der Waals surface area (Å²) in [6.07, 6.45) is 5.86. The first-order chi connectivity index (χ1) is 14.0. The zero-order valence-electron chi connectivity index (χ0n) is 16.1. The molecule has 0 bridgehead atoms. The van der Waals surface area contributed by atoms with Gasteiger partial charge in [-0.15, -0.1) is 0 Å². The number of halogens is 1. The minimum Gasteiger partial charge on any atom is -0.362 e. The van der Waals surface area contributed by atoms with Gasteiger partial charge >= 0.3 is 0 Å². The summed E-state index contributed by atoms with van der Waals surface area (Å²) in [5, 5.41) is 2.84. The highest BCUT2D eigenvalue weighted by atomic mass is 19.1. The summed E-state index contributed by atoms with van der Waals surface area (Å²) in [6, 6.07) is 9.71. The van der Waals surface area contributed by atoms with Crippen molar-refractivity contribution in [2.75, 3.05) is 18.4 Å². The van der Waals surface area contributed by atoms with Crippen molar-refractivity contribution in [3.8, 4) is 0 Å². The second-order valence-corrected chi connectivity index (χ2v) is 7.75. The number of benzene rings is 1. The van der Waals surface area contributed by atoms with Crippen LogP contribution in [0.5, 0.6) is 0 Å². The second kappa shape index (κ2) is 8.29. The molecular weight excluding hydrogens is 373 g/mol. The van der Waals surface area contributed by atoms with E-state index in [1.807, 2.05) is 4.90 Å². The Morgan fingerprint density at radius 2 is 2.03 bits per heavy atom. The highest BCUT2D eigenvalue weighted by molar-refractivity contribution is 5.94. The van der Waals surface area contributed by atoms with E-state index in [9.17, 15) is 14.0 Å². The first-order valence-electron chi connectivity index (χ1n) is 9.94. The van der Waals surface area contributed by atoms with Crippen molar-refractivity contribution >= 4 is 17.5 Å². The summed E-state index contributed by atoms with van der Waals surface area (Å²) < 4.78 is 19.5. The molecule has 1 spiro atoms. The Morgan fingerprint density at radius 3 is 2.76 bits per heavy atom. The lowest BCUT2D eigenvalue weighted by atomic mass is 9.88. The van der Waals surface area contributed by atoms with E-state index in [0.717, 1.165) is 6.42 Å². The van der Waals surface area contributed by atoms with Crippen LogP contribution in [0, 0.1) is 5.82 Å². The van der Waals surface area contributed by atoms with Crippen LogP contribution in [0.15, 0.2) is 48.8 Å². The molecule has 2 fully saturated rings. The SMILES string of the molecule is O=C(Nc1cccnc1)C1CCC2(CCN(C(=O)Cc3cccc(F)c3)CC2)O1. The number of piperidine rings is 1. The van der Waals surface area contributed by atoms with Crippen molar-refractivity contribution in [2.24, 2.45) is 0 Å². The molecule has 1 aromatic carbocycles. The third kappa shape index (κ3) is 4.62. The first kappa shape index (κ1) is 19.5. The third-order valence-electron chi connectivity index (χ3n) is 5.75. The molecule has 2 aliphatic rings. The molecule has 2 aliphatic heterocycles. The number of nitrogens with one attached hydrogen (secondary N) is 1. The van der Waals surface area contributed by atoms with Gasteiger partial charge in [0.2, 0.25) is 5.91 Å². The van der Waals surface area contributed by atoms with Crippen LogP contribution in [-0.2, 0) is 20.7 Å². The quantitative estimate of drug-likeness (QED) is 0.861. The van der Waals surface area contributed by atoms with Gasteiger partial charge in [-0.05, 0) is 55.5 Å². The fourth-order valence-corrected chi connectivity index (χ4v) is 4.12. The van der Waals surface area contributed by atoms with Crippen molar-refractivity contribution in [3.05, 3.63) is 60.2 Å². The zero-order chi connectivity index (χ0) is 20.3. The van der Waals surface area contributed by atoms with E-state index >= 15 is 0 Å². The number of ether oxygens (including phenoxy) is 1. The number of amides is 2. The van der Waals surface area contributed by atoms with Crippen molar-refractivity contribution in [2.45, 2.75) is 43.8 Å². The molecule has 0 aliphatic carbocycles. The number of nitrogens with zero attached hydrogens (tertiary/aromatic N) is 2. The maximum absolute atomic E-state index is 13.3. The third-order valence-corrected chi connectivity index (χ3v) is 5.75. The van der Waals surface area contributed by atoms with Crippen LogP contribution in [-0.4, -0.2) is 46.5 Å². The summed E-state index contributed by atoms with van der Waals surface area (Å²) >= 11 is 0. The Kier molecular flexibility index (Phi) is 5.58. The molecule has 1 N–H and O–H groups in total. The van der Waals surface area contributed by atoms with Crippen molar-refractivity contribution in [1.29, 1.82) is 0 Å². The van der Waals surface area contributed by atoms with E-state index in [2.05, 4.69) is 10.3 Å². The van der Waals surface area contributed by atoms with Gasteiger partial charge in [0, 0.05) is 19.3 Å². The lowest BCUT2D eigenvalue weighted by Crippen LogP contribution is -2.47. The number of hydrogen-bond donors (Lipinski definition) is 1. The normalized spacial score (nSPS) is 20.6. The predicted molar refractivity (Wildman–Crippen MR) is 106 cm³/mol. The van der Waals surface area contributed by atoms with Crippen LogP contribution in [0.3, 0.4) is 0 Å². The van der Waals surface area contributed by atoms with Crippen LogP contribution >= 0.6 is 0 Å². The molecule has 1 atom stereocenters. The number of rotatable bonds is 4. The van der Waals surface area contributed by atoms with Crippen LogP contribution in [0.25, 0.3) is 0 Å². The van der Waals surface area contributed by atoms with Crippen molar-refractivity contribution in [3.63, 3.8) is 0 Å². The Bertz CT molecular complexity index is 882. The summed E-state index contributed by atoms with van der Waals surface area (Å²) in [5.74, 6) is -0.489. The largest absolute Gasteiger partial charge is 0.362 e. The Hall–Kier alpha value is -2.80. The summed E-state index contributed by atoms with van der Waals surface area (Å²) in [7, 11) is 0. The molecule has 6 nitrogen and oxygen atoms in total. The summed E-state index contributed by atoms with van der Waals surface area (Å²) in [6.45, 7) is 1.18. The van der Waals surface area contributed by atoms with Crippen LogP contribution in [0.1, 0.15) is 31.2 Å². The Balaban J connectivity index is 1.29. The number of hydrogen-bond acceptors (Lipinski definition) is 4. The van der Waals surface area contributed by atoms with Gasteiger partial charge in [-0.1, -0.05) is 12.1 Å². The average Bonchev–Trinajstić information content (AvgIpc) is 3.13. The maximum Gasteiger partial charge on any atom is 0.253 e. The highest BCUT2D eigenvalue weighted by Crippen LogP contribution is 2.39. The topological polar surface area (TPSA) is 71.5 Å². The van der Waals surface area contributed by atoms with E-state index in [-0.39, 0.29) is 29.7 Å². The van der Waals surface area contributed by atoms with Gasteiger partial charge in [-0.25, -0.2) is 4.39 Å². The van der Waals surface area contributed by atoms with Crippen LogP contribution in [0.4, 0.5) is 10.1 Å². The molecule has 2 amide bonds. The minimum absolute atomic E-state index is 0.00526. The minimum atomic E-state index is -0.482. The maximum atomic E-state index is 13.3. The van der Waals surface area contributed by atoms with Gasteiger partial charge in [-0.2, -0.15) is 0 Å². The monoisotopic (exact) mass is 397 g/mol. The lowest BCUT2D eigenvalue weighted by Gasteiger charge is -2.39. The molecule has 152 valence electrons. The Labute approximate surface area is 169 Å². The van der Waals surface area contributed by atoms with Crippen LogP contribution in [0.2, 0.25) is 0 Å². The van der Waals surface area contributed by atoms with E-state index in [1.54, 1.807) is 36.7 Å². The average molecular weight is 397 g/mol. The van der Waals surface area contributed by atoms with Gasteiger partial charge < -0.3 is 15.0 Å². The van der Waals surface area contributed by atoms with E-state index in [1.165, 1.54) is 12.1 Å². The number of likely N-dealkylation sites (tertiary alicyclic amines) is 1. The Morgan fingerprint density at radius 1 is 1.21 bits per heavy atom. The fraction of sp³-hybridized carbons (Fsp3) is 0.409. The predicted octanol–water partition coefficient (Wildman–Crippen LogP) is 2.94. The second-order valence-electron chi connectivity index (χ2n) is 7.75. The number of aromatic nitrogens is 1. The molecular formula is C22H24FN3O3. The fourth-order valence-electron chi connectivity index (χ4n) is 4.12. The molecule has 0 saturated carbocycles. The van der Waals surface area contributed by atoms with Crippen LogP contribution < -0.4 is 5.32 Å². The van der Waals surface area contributed by atoms with Gasteiger partial charge in [0.25, 0.3) is 5.91 Å². The van der Waals surface area contributed by atoms with Gasteiger partial charge in [0.05, 0.1) is 23.9 Å². The van der Waals surface area contributed by atoms with Crippen molar-refractivity contribution in [1.82, 2.24) is 9.88 Å². The van der Waals surface area contributed by atoms with Gasteiger partial charge in [0.1, 0.15) is 11.9 Å². The standard InChI is InChI=1S/C22H24FN3O3/c23-17-4-1-3-16(13-17)14-20(27)26-11-8-22(9-12-26)7-6-19(29-22)21(28)25-18-5-2-10-24-15-18/h1-5,10,13,15,19H,6-9,11-12,14H2,(H,25,28). The molecule has 29 heavy (non-hydrogen) atoms. The first-order valence-corrected chi connectivity index (χ1v) is 9.94. The number of carbonyl (C=O) groups excluding carboxylic acids is 2.